The van der Waals surface area contributed by atoms with E-state index in [0.717, 1.165) is 109 Å². The number of aliphatic hydroxyl groups is 2. The number of hydrogen-bond donors (Lipinski definition) is 3. The van der Waals surface area contributed by atoms with E-state index in [1.165, 1.54) is 44.9 Å². The Morgan fingerprint density at radius 1 is 0.466 bits per heavy atom. The molecule has 0 aromatic carbocycles. The average molecular weight is 1020 g/mol. The third-order valence-electron chi connectivity index (χ3n) is 12.1. The lowest BCUT2D eigenvalue weighted by Gasteiger charge is -2.40. The lowest BCUT2D eigenvalue weighted by Crippen LogP contribution is -2.61. The van der Waals surface area contributed by atoms with Crippen molar-refractivity contribution in [3.05, 3.63) is 97.2 Å². The van der Waals surface area contributed by atoms with Crippen molar-refractivity contribution in [2.24, 2.45) is 0 Å². The second-order valence-corrected chi connectivity index (χ2v) is 18.8. The number of rotatable bonds is 46. The van der Waals surface area contributed by atoms with Gasteiger partial charge in [-0.05, 0) is 83.5 Å². The van der Waals surface area contributed by atoms with Gasteiger partial charge in [-0.25, -0.2) is 4.79 Å². The fraction of sp³-hybridized carbons (Fsp3) is 0.672. The summed E-state index contributed by atoms with van der Waals surface area (Å²) >= 11 is 0. The molecule has 1 aliphatic heterocycles. The van der Waals surface area contributed by atoms with Gasteiger partial charge in [0.05, 0.1) is 6.61 Å². The van der Waals surface area contributed by atoms with Gasteiger partial charge in [-0.3, -0.25) is 14.4 Å². The number of carbonyl (C=O) groups is 4. The Balaban J connectivity index is 2.75. The zero-order valence-corrected chi connectivity index (χ0v) is 45.3. The van der Waals surface area contributed by atoms with Gasteiger partial charge in [0.2, 0.25) is 0 Å². The van der Waals surface area contributed by atoms with Crippen LogP contribution in [0.3, 0.4) is 0 Å². The molecule has 414 valence electrons. The number of carboxylic acid groups (broad SMARTS) is 1. The molecule has 0 amide bonds. The molecule has 12 nitrogen and oxygen atoms in total. The maximum atomic E-state index is 13.1. The van der Waals surface area contributed by atoms with Crippen molar-refractivity contribution in [2.75, 3.05) is 13.2 Å². The van der Waals surface area contributed by atoms with Crippen molar-refractivity contribution in [1.29, 1.82) is 0 Å². The number of aliphatic carboxylic acids is 1. The smallest absolute Gasteiger partial charge is 0.335 e. The van der Waals surface area contributed by atoms with Gasteiger partial charge in [0.25, 0.3) is 0 Å². The highest BCUT2D eigenvalue weighted by molar-refractivity contribution is 5.74. The van der Waals surface area contributed by atoms with Gasteiger partial charge in [0, 0.05) is 19.3 Å². The summed E-state index contributed by atoms with van der Waals surface area (Å²) in [6.07, 6.45) is 51.2. The van der Waals surface area contributed by atoms with Crippen LogP contribution < -0.4 is 0 Å². The Kier molecular flexibility index (Phi) is 44.4. The first kappa shape index (κ1) is 66.7. The van der Waals surface area contributed by atoms with Gasteiger partial charge >= 0.3 is 23.9 Å². The zero-order valence-electron chi connectivity index (χ0n) is 45.3. The van der Waals surface area contributed by atoms with E-state index < -0.39 is 67.3 Å². The average Bonchev–Trinajstić information content (AvgIpc) is 3.37. The zero-order chi connectivity index (χ0) is 53.3. The minimum absolute atomic E-state index is 0.0339. The monoisotopic (exact) mass is 1020 g/mol. The van der Waals surface area contributed by atoms with Crippen LogP contribution in [0.5, 0.6) is 0 Å². The molecule has 0 radical (unpaired) electrons. The van der Waals surface area contributed by atoms with Crippen LogP contribution in [0.25, 0.3) is 0 Å². The highest BCUT2D eigenvalue weighted by Gasteiger charge is 2.50. The summed E-state index contributed by atoms with van der Waals surface area (Å²) in [6.45, 7) is 5.71. The molecule has 0 saturated carbocycles. The lowest BCUT2D eigenvalue weighted by molar-refractivity contribution is -0.301. The number of unbranched alkanes of at least 4 members (excludes halogenated alkanes) is 16. The molecular formula is C61H98O12. The number of aliphatic hydroxyl groups excluding tert-OH is 2. The summed E-state index contributed by atoms with van der Waals surface area (Å²) in [5, 5.41) is 31.4. The van der Waals surface area contributed by atoms with E-state index in [2.05, 4.69) is 106 Å². The Morgan fingerprint density at radius 3 is 1.42 bits per heavy atom. The summed E-state index contributed by atoms with van der Waals surface area (Å²) in [4.78, 5) is 50.9. The van der Waals surface area contributed by atoms with E-state index in [1.54, 1.807) is 0 Å². The highest BCUT2D eigenvalue weighted by Crippen LogP contribution is 2.26. The maximum Gasteiger partial charge on any atom is 0.335 e. The SMILES string of the molecule is CC/C=C\C/C=C\C/C=C\C/C=C\C/C=C\C/C=C\CCC(=O)OCC(COC1OC(C(=O)O)C(O)C(O)C1OC(=O)CCCCCCC/C=C\C/C=C\CCC)OC(=O)CCCCCCCCCCCCC. The molecule has 3 N–H and O–H groups in total. The molecule has 6 atom stereocenters. The third kappa shape index (κ3) is 38.8. The minimum Gasteiger partial charge on any atom is -0.479 e. The van der Waals surface area contributed by atoms with E-state index in [1.807, 2.05) is 12.2 Å². The second kappa shape index (κ2) is 48.6. The molecule has 0 aliphatic carbocycles. The first-order valence-corrected chi connectivity index (χ1v) is 28.2. The fourth-order valence-corrected chi connectivity index (χ4v) is 7.84. The first-order chi connectivity index (χ1) is 35.6. The van der Waals surface area contributed by atoms with Crippen LogP contribution >= 0.6 is 0 Å². The Morgan fingerprint density at radius 2 is 0.918 bits per heavy atom. The molecule has 1 aliphatic rings. The van der Waals surface area contributed by atoms with E-state index in [0.29, 0.717) is 19.3 Å². The number of ether oxygens (including phenoxy) is 5. The second-order valence-electron chi connectivity index (χ2n) is 18.8. The fourth-order valence-electron chi connectivity index (χ4n) is 7.84. The topological polar surface area (TPSA) is 175 Å². The molecule has 0 aromatic heterocycles. The van der Waals surface area contributed by atoms with Crippen LogP contribution in [0, 0.1) is 0 Å². The summed E-state index contributed by atoms with van der Waals surface area (Å²) in [6, 6.07) is 0. The van der Waals surface area contributed by atoms with Crippen LogP contribution in [0.2, 0.25) is 0 Å². The van der Waals surface area contributed by atoms with Crippen LogP contribution in [0.15, 0.2) is 97.2 Å². The van der Waals surface area contributed by atoms with Crippen LogP contribution in [-0.2, 0) is 42.9 Å². The maximum absolute atomic E-state index is 13.1. The van der Waals surface area contributed by atoms with Gasteiger partial charge in [-0.1, -0.05) is 208 Å². The Hall–Kier alpha value is -4.36. The van der Waals surface area contributed by atoms with E-state index in [-0.39, 0.29) is 25.9 Å². The first-order valence-electron chi connectivity index (χ1n) is 28.2. The van der Waals surface area contributed by atoms with Crippen LogP contribution in [0.4, 0.5) is 0 Å². The predicted octanol–water partition coefficient (Wildman–Crippen LogP) is 14.1. The van der Waals surface area contributed by atoms with Crippen molar-refractivity contribution < 1.29 is 58.2 Å². The normalized spacial score (nSPS) is 19.1. The summed E-state index contributed by atoms with van der Waals surface area (Å²) in [7, 11) is 0. The molecular weight excluding hydrogens is 925 g/mol. The van der Waals surface area contributed by atoms with Gasteiger partial charge < -0.3 is 39.0 Å². The predicted molar refractivity (Wildman–Crippen MR) is 294 cm³/mol. The van der Waals surface area contributed by atoms with E-state index in [9.17, 15) is 34.5 Å². The molecule has 0 spiro atoms. The number of carboxylic acids is 1. The highest BCUT2D eigenvalue weighted by atomic mass is 16.7. The quantitative estimate of drug-likeness (QED) is 0.0228. The number of carbonyl (C=O) groups excluding carboxylic acids is 3. The van der Waals surface area contributed by atoms with Gasteiger partial charge in [0.1, 0.15) is 18.8 Å². The molecule has 0 bridgehead atoms. The Bertz CT molecular complexity index is 1640. The number of allylic oxidation sites excluding steroid dienone is 16. The van der Waals surface area contributed by atoms with E-state index in [4.69, 9.17) is 23.7 Å². The van der Waals surface area contributed by atoms with Gasteiger partial charge in [0.15, 0.2) is 24.6 Å². The van der Waals surface area contributed by atoms with Crippen molar-refractivity contribution >= 4 is 23.9 Å². The summed E-state index contributed by atoms with van der Waals surface area (Å²) in [5.74, 6) is -3.26. The van der Waals surface area contributed by atoms with Crippen LogP contribution in [0.1, 0.15) is 213 Å². The minimum atomic E-state index is -1.92. The van der Waals surface area contributed by atoms with E-state index >= 15 is 0 Å². The molecule has 0 aromatic rings. The Labute approximate surface area is 441 Å². The molecule has 1 heterocycles. The molecule has 1 rings (SSSR count). The third-order valence-corrected chi connectivity index (χ3v) is 12.1. The van der Waals surface area contributed by atoms with Crippen molar-refractivity contribution in [3.63, 3.8) is 0 Å². The van der Waals surface area contributed by atoms with Crippen molar-refractivity contribution in [2.45, 2.75) is 250 Å². The summed E-state index contributed by atoms with van der Waals surface area (Å²) < 4.78 is 28.2. The molecule has 12 heteroatoms. The number of esters is 3. The van der Waals surface area contributed by atoms with Crippen LogP contribution in [-0.4, -0.2) is 89.2 Å². The molecule has 1 saturated heterocycles. The van der Waals surface area contributed by atoms with Crippen molar-refractivity contribution in [3.8, 4) is 0 Å². The lowest BCUT2D eigenvalue weighted by atomic mass is 9.98. The molecule has 73 heavy (non-hydrogen) atoms. The molecule has 1 fully saturated rings. The van der Waals surface area contributed by atoms with Crippen molar-refractivity contribution in [1.82, 2.24) is 0 Å². The standard InChI is InChI=1S/C61H98O12/c1-4-7-10-13-16-19-22-24-25-26-27-28-29-31-33-35-38-41-44-47-53(62)69-50-52(71-54(63)48-45-42-39-36-32-21-18-15-12-9-6-3)51-70-61-59(57(66)56(65)58(73-61)60(67)68)72-55(64)49-46-43-40-37-34-30-23-20-17-14-11-8-5-2/h7,10-11,14,16,19-20,23-25,27-28,31,33,38,41,52,56-59,61,65-66H,4-6,8-9,12-13,15,17-18,21-22,26,29-30,32,34-37,39-40,42-51H2,1-3H3,(H,67,68)/b10-7-,14-11-,19-16-,23-20-,25-24-,28-27-,33-31-,41-38-. The number of hydrogen-bond acceptors (Lipinski definition) is 11. The largest absolute Gasteiger partial charge is 0.479 e. The van der Waals surface area contributed by atoms with Gasteiger partial charge in [-0.15, -0.1) is 0 Å². The van der Waals surface area contributed by atoms with Gasteiger partial charge in [-0.2, -0.15) is 0 Å². The molecule has 6 unspecified atom stereocenters. The summed E-state index contributed by atoms with van der Waals surface area (Å²) in [5.41, 5.74) is 0.